The molecule has 0 saturated carbocycles. The zero-order valence-corrected chi connectivity index (χ0v) is 10.5. The van der Waals surface area contributed by atoms with Gasteiger partial charge in [-0.3, -0.25) is 4.68 Å². The fourth-order valence-corrected chi connectivity index (χ4v) is 1.88. The van der Waals surface area contributed by atoms with Gasteiger partial charge in [0.2, 0.25) is 0 Å². The number of nitrogens with two attached hydrogens (primary N) is 1. The van der Waals surface area contributed by atoms with E-state index in [4.69, 9.17) is 17.3 Å². The molecular formula is C12H11ClF3N3. The standard InChI is InChI=1S/C12H11ClF3N3/c13-10-5-8(6-17)1-2-9(10)7-19-4-3-11(18-19)12(14,15)16/h1-5H,6-7,17H2. The van der Waals surface area contributed by atoms with Crippen LogP contribution in [0.15, 0.2) is 30.5 Å². The molecule has 0 fully saturated rings. The summed E-state index contributed by atoms with van der Waals surface area (Å²) in [6.45, 7) is 0.541. The Hall–Kier alpha value is -1.53. The van der Waals surface area contributed by atoms with Crippen LogP contribution in [0.3, 0.4) is 0 Å². The minimum atomic E-state index is -4.43. The molecule has 0 atom stereocenters. The fourth-order valence-electron chi connectivity index (χ4n) is 1.62. The summed E-state index contributed by atoms with van der Waals surface area (Å²) in [6, 6.07) is 6.15. The van der Waals surface area contributed by atoms with Crippen LogP contribution in [0, 0.1) is 0 Å². The van der Waals surface area contributed by atoms with Gasteiger partial charge in [0.1, 0.15) is 0 Å². The molecule has 102 valence electrons. The average Bonchev–Trinajstić information content (AvgIpc) is 2.80. The van der Waals surface area contributed by atoms with Gasteiger partial charge in [0, 0.05) is 17.8 Å². The third-order valence-corrected chi connectivity index (χ3v) is 2.97. The molecule has 0 aliphatic heterocycles. The van der Waals surface area contributed by atoms with E-state index < -0.39 is 11.9 Å². The van der Waals surface area contributed by atoms with Gasteiger partial charge >= 0.3 is 6.18 Å². The molecule has 0 spiro atoms. The van der Waals surface area contributed by atoms with Crippen molar-refractivity contribution in [3.63, 3.8) is 0 Å². The first-order chi connectivity index (χ1) is 8.90. The van der Waals surface area contributed by atoms with E-state index >= 15 is 0 Å². The van der Waals surface area contributed by atoms with Crippen molar-refractivity contribution in [2.24, 2.45) is 5.73 Å². The van der Waals surface area contributed by atoms with Gasteiger partial charge in [0.05, 0.1) is 6.54 Å². The summed E-state index contributed by atoms with van der Waals surface area (Å²) in [7, 11) is 0. The highest BCUT2D eigenvalue weighted by atomic mass is 35.5. The average molecular weight is 290 g/mol. The second kappa shape index (κ2) is 5.22. The van der Waals surface area contributed by atoms with Crippen molar-refractivity contribution < 1.29 is 13.2 Å². The fraction of sp³-hybridized carbons (Fsp3) is 0.250. The predicted octanol–water partition coefficient (Wildman–Crippen LogP) is 3.06. The van der Waals surface area contributed by atoms with Crippen molar-refractivity contribution in [3.8, 4) is 0 Å². The Morgan fingerprint density at radius 2 is 2.00 bits per heavy atom. The summed E-state index contributed by atoms with van der Waals surface area (Å²) in [5, 5.41) is 3.93. The molecule has 0 amide bonds. The number of hydrogen-bond donors (Lipinski definition) is 1. The maximum Gasteiger partial charge on any atom is 0.435 e. The summed E-state index contributed by atoms with van der Waals surface area (Å²) >= 11 is 6.04. The van der Waals surface area contributed by atoms with E-state index in [0.717, 1.165) is 11.6 Å². The smallest absolute Gasteiger partial charge is 0.326 e. The van der Waals surface area contributed by atoms with E-state index in [-0.39, 0.29) is 6.54 Å². The summed E-state index contributed by atoms with van der Waals surface area (Å²) in [6.07, 6.45) is -3.16. The second-order valence-corrected chi connectivity index (χ2v) is 4.43. The lowest BCUT2D eigenvalue weighted by atomic mass is 10.1. The molecule has 1 heterocycles. The Morgan fingerprint density at radius 1 is 1.26 bits per heavy atom. The molecule has 2 rings (SSSR count). The van der Waals surface area contributed by atoms with Crippen LogP contribution in [-0.4, -0.2) is 9.78 Å². The van der Waals surface area contributed by atoms with Crippen LogP contribution >= 0.6 is 11.6 Å². The molecule has 2 N–H and O–H groups in total. The molecule has 0 bridgehead atoms. The normalized spacial score (nSPS) is 11.8. The molecule has 2 aromatic rings. The lowest BCUT2D eigenvalue weighted by molar-refractivity contribution is -0.141. The molecular weight excluding hydrogens is 279 g/mol. The number of halogens is 4. The molecule has 0 unspecified atom stereocenters. The Bertz CT molecular complexity index is 578. The van der Waals surface area contributed by atoms with Crippen molar-refractivity contribution in [2.45, 2.75) is 19.3 Å². The van der Waals surface area contributed by atoms with Gasteiger partial charge in [-0.25, -0.2) is 0 Å². The van der Waals surface area contributed by atoms with Gasteiger partial charge in [0.15, 0.2) is 5.69 Å². The highest BCUT2D eigenvalue weighted by Gasteiger charge is 2.33. The van der Waals surface area contributed by atoms with Crippen molar-refractivity contribution in [1.82, 2.24) is 9.78 Å². The van der Waals surface area contributed by atoms with Gasteiger partial charge in [-0.1, -0.05) is 23.7 Å². The number of nitrogens with zero attached hydrogens (tertiary/aromatic N) is 2. The van der Waals surface area contributed by atoms with E-state index in [0.29, 0.717) is 17.1 Å². The molecule has 19 heavy (non-hydrogen) atoms. The van der Waals surface area contributed by atoms with Crippen molar-refractivity contribution >= 4 is 11.6 Å². The molecule has 7 heteroatoms. The van der Waals surface area contributed by atoms with Crippen LogP contribution in [0.4, 0.5) is 13.2 Å². The van der Waals surface area contributed by atoms with Crippen molar-refractivity contribution in [1.29, 1.82) is 0 Å². The number of benzene rings is 1. The summed E-state index contributed by atoms with van der Waals surface area (Å²) in [4.78, 5) is 0. The van der Waals surface area contributed by atoms with E-state index in [2.05, 4.69) is 5.10 Å². The zero-order chi connectivity index (χ0) is 14.0. The highest BCUT2D eigenvalue weighted by molar-refractivity contribution is 6.31. The van der Waals surface area contributed by atoms with Gasteiger partial charge in [-0.05, 0) is 23.3 Å². The van der Waals surface area contributed by atoms with Crippen LogP contribution in [0.2, 0.25) is 5.02 Å². The first kappa shape index (κ1) is 13.9. The topological polar surface area (TPSA) is 43.8 Å². The molecule has 1 aromatic carbocycles. The minimum absolute atomic E-state index is 0.180. The van der Waals surface area contributed by atoms with Crippen LogP contribution < -0.4 is 5.73 Å². The zero-order valence-electron chi connectivity index (χ0n) is 9.78. The van der Waals surface area contributed by atoms with E-state index in [9.17, 15) is 13.2 Å². The third kappa shape index (κ3) is 3.27. The van der Waals surface area contributed by atoms with Crippen LogP contribution in [0.1, 0.15) is 16.8 Å². The van der Waals surface area contributed by atoms with E-state index in [1.54, 1.807) is 18.2 Å². The molecule has 0 aliphatic carbocycles. The first-order valence-corrected chi connectivity index (χ1v) is 5.86. The Kier molecular flexibility index (Phi) is 3.82. The maximum atomic E-state index is 12.4. The van der Waals surface area contributed by atoms with Gasteiger partial charge in [-0.15, -0.1) is 0 Å². The third-order valence-electron chi connectivity index (χ3n) is 2.62. The first-order valence-electron chi connectivity index (χ1n) is 5.48. The summed E-state index contributed by atoms with van der Waals surface area (Å²) in [5.41, 5.74) is 6.11. The molecule has 0 aliphatic rings. The lowest BCUT2D eigenvalue weighted by Gasteiger charge is -2.07. The maximum absolute atomic E-state index is 12.4. The van der Waals surface area contributed by atoms with Gasteiger partial charge in [0.25, 0.3) is 0 Å². The second-order valence-electron chi connectivity index (χ2n) is 4.03. The number of hydrogen-bond acceptors (Lipinski definition) is 2. The quantitative estimate of drug-likeness (QED) is 0.944. The minimum Gasteiger partial charge on any atom is -0.326 e. The van der Waals surface area contributed by atoms with Crippen molar-refractivity contribution in [3.05, 3.63) is 52.3 Å². The highest BCUT2D eigenvalue weighted by Crippen LogP contribution is 2.27. The van der Waals surface area contributed by atoms with E-state index in [1.807, 2.05) is 0 Å². The van der Waals surface area contributed by atoms with Crippen LogP contribution in [0.25, 0.3) is 0 Å². The van der Waals surface area contributed by atoms with Crippen LogP contribution in [0.5, 0.6) is 0 Å². The predicted molar refractivity (Wildman–Crippen MR) is 65.7 cm³/mol. The SMILES string of the molecule is NCc1ccc(Cn2ccc(C(F)(F)F)n2)c(Cl)c1. The molecule has 0 radical (unpaired) electrons. The number of alkyl halides is 3. The largest absolute Gasteiger partial charge is 0.435 e. The number of aromatic nitrogens is 2. The molecule has 1 aromatic heterocycles. The Balaban J connectivity index is 2.20. The van der Waals surface area contributed by atoms with Crippen molar-refractivity contribution in [2.75, 3.05) is 0 Å². The summed E-state index contributed by atoms with van der Waals surface area (Å²) < 4.78 is 38.4. The Morgan fingerprint density at radius 3 is 2.53 bits per heavy atom. The monoisotopic (exact) mass is 289 g/mol. The summed E-state index contributed by atoms with van der Waals surface area (Å²) in [5.74, 6) is 0. The van der Waals surface area contributed by atoms with Gasteiger partial charge < -0.3 is 5.73 Å². The van der Waals surface area contributed by atoms with Gasteiger partial charge in [-0.2, -0.15) is 18.3 Å². The molecule has 0 saturated heterocycles. The Labute approximate surface area is 112 Å². The lowest BCUT2D eigenvalue weighted by Crippen LogP contribution is -2.08. The molecule has 3 nitrogen and oxygen atoms in total. The van der Waals surface area contributed by atoms with E-state index in [1.165, 1.54) is 10.9 Å². The van der Waals surface area contributed by atoms with Crippen LogP contribution in [-0.2, 0) is 19.3 Å². The number of rotatable bonds is 3.